The van der Waals surface area contributed by atoms with Crippen LogP contribution in [0.5, 0.6) is 0 Å². The number of carboxylic acid groups (broad SMARTS) is 1. The quantitative estimate of drug-likeness (QED) is 0.153. The first-order valence-corrected chi connectivity index (χ1v) is 11.5. The molecule has 0 aromatic rings. The largest absolute Gasteiger partial charge is 0.478 e. The summed E-state index contributed by atoms with van der Waals surface area (Å²) in [7, 11) is 0. The molecule has 0 aromatic heterocycles. The van der Waals surface area contributed by atoms with Gasteiger partial charge in [-0.05, 0) is 25.4 Å². The zero-order chi connectivity index (χ0) is 23.8. The summed E-state index contributed by atoms with van der Waals surface area (Å²) in [6.45, 7) is 1.18. The minimum absolute atomic E-state index is 0.173. The molecule has 32 heavy (non-hydrogen) atoms. The highest BCUT2D eigenvalue weighted by atomic mass is 32.2. The highest BCUT2D eigenvalue weighted by molar-refractivity contribution is 7.98. The van der Waals surface area contributed by atoms with E-state index >= 15 is 0 Å². The number of ether oxygens (including phenoxy) is 4. The molecular formula is C20H30O11S. The molecule has 5 N–H and O–H groups in total. The van der Waals surface area contributed by atoms with Gasteiger partial charge in [0.05, 0.1) is 31.5 Å². The van der Waals surface area contributed by atoms with Gasteiger partial charge in [0.1, 0.15) is 24.4 Å². The third-order valence-corrected chi connectivity index (χ3v) is 5.88. The van der Waals surface area contributed by atoms with Crippen molar-refractivity contribution >= 4 is 23.7 Å². The van der Waals surface area contributed by atoms with Gasteiger partial charge in [0, 0.05) is 11.5 Å². The molecule has 2 rings (SSSR count). The van der Waals surface area contributed by atoms with Crippen LogP contribution in [0.2, 0.25) is 0 Å². The maximum absolute atomic E-state index is 12.3. The topological polar surface area (TPSA) is 172 Å². The Morgan fingerprint density at radius 3 is 2.53 bits per heavy atom. The van der Waals surface area contributed by atoms with E-state index in [0.29, 0.717) is 6.42 Å². The molecule has 2 aliphatic heterocycles. The maximum Gasteiger partial charge on any atom is 0.335 e. The second-order valence-corrected chi connectivity index (χ2v) is 8.28. The van der Waals surface area contributed by atoms with E-state index in [1.54, 1.807) is 18.7 Å². The first-order valence-electron chi connectivity index (χ1n) is 10.1. The standard InChI is InChI=1S/C20H30O11S/c1-3-10-11(7-14(22)28-5-4-6-32-2)12(18(26)27)9-29-19(10)31-20-17(25)16(24)15(23)13(8-21)30-20/h3,9,11,13,15-17,19-21,23-25H,4-8H2,1-2H3,(H,26,27)/b10-3+/t11-,13-,15-,16+,17-,19-,20+/m0/s1. The molecule has 2 heterocycles. The normalized spacial score (nSPS) is 34.0. The fraction of sp³-hybridized carbons (Fsp3) is 0.700. The zero-order valence-corrected chi connectivity index (χ0v) is 18.6. The molecular weight excluding hydrogens is 448 g/mol. The lowest BCUT2D eigenvalue weighted by molar-refractivity contribution is -0.327. The lowest BCUT2D eigenvalue weighted by Gasteiger charge is -2.41. The number of aliphatic carboxylic acids is 1. The monoisotopic (exact) mass is 478 g/mol. The first-order chi connectivity index (χ1) is 15.2. The van der Waals surface area contributed by atoms with Crippen LogP contribution in [0.25, 0.3) is 0 Å². The number of rotatable bonds is 10. The summed E-state index contributed by atoms with van der Waals surface area (Å²) >= 11 is 1.61. The highest BCUT2D eigenvalue weighted by Gasteiger charge is 2.46. The predicted molar refractivity (Wildman–Crippen MR) is 111 cm³/mol. The number of hydrogen-bond donors (Lipinski definition) is 5. The third-order valence-electron chi connectivity index (χ3n) is 5.18. The van der Waals surface area contributed by atoms with Gasteiger partial charge in [-0.25, -0.2) is 4.79 Å². The van der Waals surface area contributed by atoms with Gasteiger partial charge in [0.2, 0.25) is 6.29 Å². The number of allylic oxidation sites excluding steroid dienone is 1. The van der Waals surface area contributed by atoms with Gasteiger partial charge in [-0.15, -0.1) is 0 Å². The Hall–Kier alpha value is -1.67. The Kier molecular flexibility index (Phi) is 10.4. The summed E-state index contributed by atoms with van der Waals surface area (Å²) in [5.41, 5.74) is 0.107. The SMILES string of the molecule is C/C=C1/[C@H](O[C@H]2O[C@@H](CO)[C@H](O)[C@@H](O)[C@@H]2O)OC=C(C(=O)O)[C@H]1CC(=O)OCCCSC. The lowest BCUT2D eigenvalue weighted by atomic mass is 9.86. The smallest absolute Gasteiger partial charge is 0.335 e. The maximum atomic E-state index is 12.3. The highest BCUT2D eigenvalue weighted by Crippen LogP contribution is 2.35. The number of carbonyl (C=O) groups excluding carboxylic acids is 1. The number of carboxylic acids is 1. The summed E-state index contributed by atoms with van der Waals surface area (Å²) in [5.74, 6) is -1.97. The molecule has 0 unspecified atom stereocenters. The Bertz CT molecular complexity index is 708. The summed E-state index contributed by atoms with van der Waals surface area (Å²) in [6, 6.07) is 0. The molecule has 7 atom stereocenters. The fourth-order valence-electron chi connectivity index (χ4n) is 3.43. The molecule has 11 nitrogen and oxygen atoms in total. The van der Waals surface area contributed by atoms with Crippen LogP contribution in [0.4, 0.5) is 0 Å². The van der Waals surface area contributed by atoms with Crippen molar-refractivity contribution in [3.8, 4) is 0 Å². The molecule has 0 amide bonds. The average Bonchev–Trinajstić information content (AvgIpc) is 2.77. The van der Waals surface area contributed by atoms with E-state index in [9.17, 15) is 35.1 Å². The Morgan fingerprint density at radius 2 is 1.94 bits per heavy atom. The minimum atomic E-state index is -1.67. The number of carbonyl (C=O) groups is 2. The zero-order valence-electron chi connectivity index (χ0n) is 17.8. The molecule has 12 heteroatoms. The molecule has 0 aromatic carbocycles. The van der Waals surface area contributed by atoms with Gasteiger partial charge < -0.3 is 44.5 Å². The van der Waals surface area contributed by atoms with Crippen LogP contribution >= 0.6 is 11.8 Å². The van der Waals surface area contributed by atoms with Crippen LogP contribution in [0.1, 0.15) is 19.8 Å². The van der Waals surface area contributed by atoms with Gasteiger partial charge in [0.25, 0.3) is 0 Å². The molecule has 182 valence electrons. The van der Waals surface area contributed by atoms with E-state index in [1.165, 1.54) is 6.08 Å². The van der Waals surface area contributed by atoms with E-state index in [0.717, 1.165) is 12.0 Å². The summed E-state index contributed by atoms with van der Waals surface area (Å²) in [6.07, 6.45) is -4.00. The summed E-state index contributed by atoms with van der Waals surface area (Å²) in [4.78, 5) is 24.0. The van der Waals surface area contributed by atoms with Crippen molar-refractivity contribution in [2.24, 2.45) is 5.92 Å². The molecule has 0 aliphatic carbocycles. The average molecular weight is 479 g/mol. The molecule has 0 radical (unpaired) electrons. The van der Waals surface area contributed by atoms with E-state index in [1.807, 2.05) is 6.26 Å². The van der Waals surface area contributed by atoms with Crippen LogP contribution < -0.4 is 0 Å². The fourth-order valence-corrected chi connectivity index (χ4v) is 3.84. The van der Waals surface area contributed by atoms with Crippen molar-refractivity contribution in [3.05, 3.63) is 23.5 Å². The van der Waals surface area contributed by atoms with Crippen LogP contribution in [0, 0.1) is 5.92 Å². The molecule has 0 saturated carbocycles. The first kappa shape index (κ1) is 26.6. The van der Waals surface area contributed by atoms with Gasteiger partial charge >= 0.3 is 11.9 Å². The lowest BCUT2D eigenvalue weighted by Crippen LogP contribution is -2.60. The summed E-state index contributed by atoms with van der Waals surface area (Å²) < 4.78 is 21.5. The van der Waals surface area contributed by atoms with Crippen molar-refractivity contribution in [1.29, 1.82) is 0 Å². The van der Waals surface area contributed by atoms with Crippen LogP contribution in [0.15, 0.2) is 23.5 Å². The molecule has 1 fully saturated rings. The Balaban J connectivity index is 2.15. The minimum Gasteiger partial charge on any atom is -0.478 e. The second kappa shape index (κ2) is 12.5. The molecule has 0 bridgehead atoms. The molecule has 2 aliphatic rings. The van der Waals surface area contributed by atoms with E-state index in [-0.39, 0.29) is 24.2 Å². The van der Waals surface area contributed by atoms with E-state index in [4.69, 9.17) is 18.9 Å². The molecule has 1 saturated heterocycles. The van der Waals surface area contributed by atoms with E-state index in [2.05, 4.69) is 0 Å². The Labute approximate surface area is 189 Å². The van der Waals surface area contributed by atoms with Crippen molar-refractivity contribution in [2.75, 3.05) is 25.2 Å². The van der Waals surface area contributed by atoms with Crippen molar-refractivity contribution < 1.29 is 54.1 Å². The number of aliphatic hydroxyl groups excluding tert-OH is 4. The third kappa shape index (κ3) is 6.44. The second-order valence-electron chi connectivity index (χ2n) is 7.29. The van der Waals surface area contributed by atoms with Crippen molar-refractivity contribution in [3.63, 3.8) is 0 Å². The van der Waals surface area contributed by atoms with E-state index < -0.39 is 61.5 Å². The van der Waals surface area contributed by atoms with Crippen molar-refractivity contribution in [1.82, 2.24) is 0 Å². The van der Waals surface area contributed by atoms with Crippen molar-refractivity contribution in [2.45, 2.75) is 56.8 Å². The molecule has 0 spiro atoms. The van der Waals surface area contributed by atoms with Gasteiger partial charge in [-0.2, -0.15) is 11.8 Å². The van der Waals surface area contributed by atoms with Crippen LogP contribution in [-0.2, 0) is 28.5 Å². The number of hydrogen-bond acceptors (Lipinski definition) is 11. The van der Waals surface area contributed by atoms with Gasteiger partial charge in [-0.1, -0.05) is 6.08 Å². The van der Waals surface area contributed by atoms with Gasteiger partial charge in [0.15, 0.2) is 6.29 Å². The predicted octanol–water partition coefficient (Wildman–Crippen LogP) is -0.623. The number of esters is 1. The number of aliphatic hydroxyl groups is 4. The van der Waals surface area contributed by atoms with Crippen LogP contribution in [-0.4, -0.2) is 99.7 Å². The number of thioether (sulfide) groups is 1. The van der Waals surface area contributed by atoms with Crippen LogP contribution in [0.3, 0.4) is 0 Å². The Morgan fingerprint density at radius 1 is 1.22 bits per heavy atom. The summed E-state index contributed by atoms with van der Waals surface area (Å²) in [5, 5.41) is 48.9. The van der Waals surface area contributed by atoms with Gasteiger partial charge in [-0.3, -0.25) is 4.79 Å².